The van der Waals surface area contributed by atoms with Crippen molar-refractivity contribution in [2.45, 2.75) is 25.8 Å². The van der Waals surface area contributed by atoms with Gasteiger partial charge in [-0.3, -0.25) is 14.4 Å². The van der Waals surface area contributed by atoms with Crippen LogP contribution in [0, 0.1) is 0 Å². The maximum absolute atomic E-state index is 12.4. The van der Waals surface area contributed by atoms with Gasteiger partial charge in [0.1, 0.15) is 5.71 Å². The molecule has 1 aliphatic rings. The van der Waals surface area contributed by atoms with Crippen LogP contribution in [0.3, 0.4) is 0 Å². The average molecular weight is 471 g/mol. The second kappa shape index (κ2) is 10.7. The summed E-state index contributed by atoms with van der Waals surface area (Å²) in [5.41, 5.74) is 1.88. The van der Waals surface area contributed by atoms with Crippen LogP contribution in [0.4, 0.5) is 0 Å². The topological polar surface area (TPSA) is 90.9 Å². The second-order valence-electron chi connectivity index (χ2n) is 6.86. The van der Waals surface area contributed by atoms with Crippen LogP contribution in [-0.4, -0.2) is 41.5 Å². The normalized spacial score (nSPS) is 13.6. The van der Waals surface area contributed by atoms with Gasteiger partial charge in [-0.2, -0.15) is 5.10 Å². The maximum Gasteiger partial charge on any atom is 0.267 e. The minimum atomic E-state index is -0.279. The fraction of sp³-hybridized carbons (Fsp3) is 0.273. The third-order valence-electron chi connectivity index (χ3n) is 4.55. The molecule has 1 aliphatic heterocycles. The number of nitrogens with one attached hydrogen (secondary N) is 2. The number of carbonyl (C=O) groups is 3. The Labute approximate surface area is 183 Å². The van der Waals surface area contributed by atoms with Gasteiger partial charge >= 0.3 is 0 Å². The largest absolute Gasteiger partial charge is 0.352 e. The van der Waals surface area contributed by atoms with Crippen molar-refractivity contribution in [1.82, 2.24) is 15.6 Å². The first kappa shape index (κ1) is 21.7. The zero-order valence-electron chi connectivity index (χ0n) is 16.4. The number of rotatable bonds is 8. The molecule has 8 heteroatoms. The number of halogens is 1. The number of nitrogens with zero attached hydrogens (tertiary/aromatic N) is 2. The van der Waals surface area contributed by atoms with Crippen LogP contribution >= 0.6 is 15.9 Å². The molecule has 156 valence electrons. The number of benzene rings is 2. The van der Waals surface area contributed by atoms with Gasteiger partial charge in [-0.25, -0.2) is 5.01 Å². The summed E-state index contributed by atoms with van der Waals surface area (Å²) in [6.07, 6.45) is 1.18. The van der Waals surface area contributed by atoms with Crippen molar-refractivity contribution >= 4 is 39.4 Å². The minimum Gasteiger partial charge on any atom is -0.352 e. The Morgan fingerprint density at radius 1 is 0.967 bits per heavy atom. The van der Waals surface area contributed by atoms with Crippen molar-refractivity contribution in [3.63, 3.8) is 0 Å². The Morgan fingerprint density at radius 3 is 2.43 bits per heavy atom. The summed E-state index contributed by atoms with van der Waals surface area (Å²) >= 11 is 3.34. The molecule has 2 aromatic rings. The lowest BCUT2D eigenvalue weighted by molar-refractivity contribution is -0.132. The average Bonchev–Trinajstić information content (AvgIpc) is 2.75. The van der Waals surface area contributed by atoms with Crippen LogP contribution in [0.25, 0.3) is 0 Å². The van der Waals surface area contributed by atoms with Crippen LogP contribution in [0.5, 0.6) is 0 Å². The second-order valence-corrected chi connectivity index (χ2v) is 7.78. The highest BCUT2D eigenvalue weighted by atomic mass is 79.9. The highest BCUT2D eigenvalue weighted by Gasteiger charge is 2.24. The molecule has 0 saturated heterocycles. The van der Waals surface area contributed by atoms with E-state index in [-0.39, 0.29) is 24.1 Å². The molecule has 2 aromatic carbocycles. The molecule has 0 atom stereocenters. The highest BCUT2D eigenvalue weighted by molar-refractivity contribution is 9.10. The van der Waals surface area contributed by atoms with Gasteiger partial charge in [-0.05, 0) is 30.2 Å². The van der Waals surface area contributed by atoms with Crippen molar-refractivity contribution in [3.8, 4) is 0 Å². The summed E-state index contributed by atoms with van der Waals surface area (Å²) in [4.78, 5) is 36.6. The Morgan fingerprint density at radius 2 is 1.70 bits per heavy atom. The Hall–Kier alpha value is -3.00. The van der Waals surface area contributed by atoms with E-state index in [1.54, 1.807) is 18.2 Å². The van der Waals surface area contributed by atoms with Crippen LogP contribution in [0.15, 0.2) is 64.2 Å². The number of amides is 3. The molecule has 0 aliphatic carbocycles. The van der Waals surface area contributed by atoms with Crippen molar-refractivity contribution < 1.29 is 14.4 Å². The molecule has 30 heavy (non-hydrogen) atoms. The SMILES string of the molecule is O=C(NCCCNC(=O)c1cccc(Br)c1)C1=NN(Cc2ccccc2)C(=O)CC1. The van der Waals surface area contributed by atoms with Crippen molar-refractivity contribution in [2.75, 3.05) is 13.1 Å². The first-order valence-corrected chi connectivity index (χ1v) is 10.6. The van der Waals surface area contributed by atoms with Gasteiger partial charge in [0.15, 0.2) is 0 Å². The third-order valence-corrected chi connectivity index (χ3v) is 5.05. The first-order valence-electron chi connectivity index (χ1n) is 9.76. The van der Waals surface area contributed by atoms with Gasteiger partial charge in [0.25, 0.3) is 11.8 Å². The highest BCUT2D eigenvalue weighted by Crippen LogP contribution is 2.14. The van der Waals surface area contributed by atoms with E-state index in [0.717, 1.165) is 10.0 Å². The summed E-state index contributed by atoms with van der Waals surface area (Å²) < 4.78 is 0.843. The number of carbonyl (C=O) groups excluding carboxylic acids is 3. The quantitative estimate of drug-likeness (QED) is 0.581. The van der Waals surface area contributed by atoms with E-state index in [9.17, 15) is 14.4 Å². The van der Waals surface area contributed by atoms with Crippen molar-refractivity contribution in [1.29, 1.82) is 0 Å². The fourth-order valence-electron chi connectivity index (χ4n) is 2.97. The molecule has 2 N–H and O–H groups in total. The Kier molecular flexibility index (Phi) is 7.73. The molecule has 0 fully saturated rings. The van der Waals surface area contributed by atoms with E-state index in [4.69, 9.17) is 0 Å². The smallest absolute Gasteiger partial charge is 0.267 e. The standard InChI is InChI=1S/C22H23BrN4O3/c23-18-9-4-8-17(14-18)21(29)24-12-5-13-25-22(30)19-10-11-20(28)27(26-19)15-16-6-2-1-3-7-16/h1-4,6-9,14H,5,10-13,15H2,(H,24,29)(H,25,30). The lowest BCUT2D eigenvalue weighted by Crippen LogP contribution is -2.39. The van der Waals surface area contributed by atoms with Crippen LogP contribution in [0.2, 0.25) is 0 Å². The van der Waals surface area contributed by atoms with Crippen LogP contribution < -0.4 is 10.6 Å². The Balaban J connectivity index is 1.43. The summed E-state index contributed by atoms with van der Waals surface area (Å²) in [5.74, 6) is -0.529. The lowest BCUT2D eigenvalue weighted by atomic mass is 10.1. The van der Waals surface area contributed by atoms with E-state index in [1.807, 2.05) is 36.4 Å². The molecule has 0 saturated carbocycles. The molecule has 0 bridgehead atoms. The van der Waals surface area contributed by atoms with Gasteiger partial charge < -0.3 is 10.6 Å². The van der Waals surface area contributed by atoms with E-state index in [0.29, 0.717) is 43.8 Å². The minimum absolute atomic E-state index is 0.0920. The monoisotopic (exact) mass is 470 g/mol. The third kappa shape index (κ3) is 6.25. The molecule has 3 rings (SSSR count). The number of hydrogen-bond donors (Lipinski definition) is 2. The zero-order chi connectivity index (χ0) is 21.3. The molecule has 0 radical (unpaired) electrons. The first-order chi connectivity index (χ1) is 14.5. The molecular weight excluding hydrogens is 448 g/mol. The predicted octanol–water partition coefficient (Wildman–Crippen LogP) is 2.86. The molecule has 7 nitrogen and oxygen atoms in total. The van der Waals surface area contributed by atoms with E-state index in [2.05, 4.69) is 31.7 Å². The zero-order valence-corrected chi connectivity index (χ0v) is 18.0. The van der Waals surface area contributed by atoms with Crippen molar-refractivity contribution in [3.05, 3.63) is 70.2 Å². The predicted molar refractivity (Wildman–Crippen MR) is 118 cm³/mol. The van der Waals surface area contributed by atoms with Gasteiger partial charge in [0, 0.05) is 36.0 Å². The summed E-state index contributed by atoms with van der Waals surface area (Å²) in [6.45, 7) is 1.19. The number of hydrogen-bond acceptors (Lipinski definition) is 4. The fourth-order valence-corrected chi connectivity index (χ4v) is 3.37. The van der Waals surface area contributed by atoms with E-state index < -0.39 is 0 Å². The Bertz CT molecular complexity index is 946. The molecule has 0 unspecified atom stereocenters. The van der Waals surface area contributed by atoms with E-state index in [1.165, 1.54) is 5.01 Å². The lowest BCUT2D eigenvalue weighted by Gasteiger charge is -2.23. The molecular formula is C22H23BrN4O3. The summed E-state index contributed by atoms with van der Waals surface area (Å²) in [6, 6.07) is 16.7. The maximum atomic E-state index is 12.4. The summed E-state index contributed by atoms with van der Waals surface area (Å²) in [7, 11) is 0. The van der Waals surface area contributed by atoms with Gasteiger partial charge in [-0.1, -0.05) is 52.3 Å². The molecule has 3 amide bonds. The van der Waals surface area contributed by atoms with Gasteiger partial charge in [0.2, 0.25) is 5.91 Å². The van der Waals surface area contributed by atoms with Crippen LogP contribution in [-0.2, 0) is 16.1 Å². The molecule has 0 spiro atoms. The van der Waals surface area contributed by atoms with Gasteiger partial charge in [-0.15, -0.1) is 0 Å². The van der Waals surface area contributed by atoms with Gasteiger partial charge in [0.05, 0.1) is 6.54 Å². The molecule has 1 heterocycles. The summed E-state index contributed by atoms with van der Waals surface area (Å²) in [5, 5.41) is 11.2. The van der Waals surface area contributed by atoms with Crippen LogP contribution in [0.1, 0.15) is 35.2 Å². The molecule has 0 aromatic heterocycles. The van der Waals surface area contributed by atoms with Crippen molar-refractivity contribution in [2.24, 2.45) is 5.10 Å². The number of hydrazone groups is 1. The van der Waals surface area contributed by atoms with E-state index >= 15 is 0 Å².